The minimum atomic E-state index is 0.387. The number of nitrogens with zero attached hydrogens (tertiary/aromatic N) is 4. The lowest BCUT2D eigenvalue weighted by atomic mass is 10.3. The summed E-state index contributed by atoms with van der Waals surface area (Å²) < 4.78 is 0. The third-order valence-electron chi connectivity index (χ3n) is 3.71. The number of nitrogen functional groups attached to an aromatic ring is 1. The number of rotatable bonds is 4. The minimum Gasteiger partial charge on any atom is -0.399 e. The summed E-state index contributed by atoms with van der Waals surface area (Å²) in [7, 11) is 0. The van der Waals surface area contributed by atoms with Gasteiger partial charge in [-0.25, -0.2) is 9.98 Å². The number of H-pyrrole nitrogens is 1. The number of aromatic nitrogens is 2. The summed E-state index contributed by atoms with van der Waals surface area (Å²) in [5.74, 6) is 2.29. The molecule has 0 aliphatic heterocycles. The molecule has 3 rings (SSSR count). The lowest BCUT2D eigenvalue weighted by Crippen LogP contribution is -2.11. The van der Waals surface area contributed by atoms with Crippen molar-refractivity contribution in [3.05, 3.63) is 36.0 Å². The van der Waals surface area contributed by atoms with Crippen LogP contribution in [0.2, 0.25) is 0 Å². The van der Waals surface area contributed by atoms with Gasteiger partial charge in [0, 0.05) is 35.5 Å². The second-order valence-corrected chi connectivity index (χ2v) is 5.68. The smallest absolute Gasteiger partial charge is 0.228 e. The molecule has 7 heteroatoms. The Morgan fingerprint density at radius 3 is 2.75 bits per heavy atom. The van der Waals surface area contributed by atoms with E-state index in [-0.39, 0.29) is 0 Å². The molecule has 1 aliphatic rings. The summed E-state index contributed by atoms with van der Waals surface area (Å²) in [5, 5.41) is 10.4. The first kappa shape index (κ1) is 15.9. The maximum Gasteiger partial charge on any atom is 0.228 e. The van der Waals surface area contributed by atoms with E-state index in [9.17, 15) is 0 Å². The van der Waals surface area contributed by atoms with Crippen molar-refractivity contribution in [1.29, 1.82) is 0 Å². The van der Waals surface area contributed by atoms with Crippen molar-refractivity contribution in [3.8, 4) is 0 Å². The third kappa shape index (κ3) is 4.07. The molecule has 7 nitrogen and oxygen atoms in total. The zero-order chi connectivity index (χ0) is 16.9. The molecule has 0 bridgehead atoms. The van der Waals surface area contributed by atoms with Crippen molar-refractivity contribution in [2.75, 3.05) is 11.1 Å². The molecular formula is C17H21N7. The van der Waals surface area contributed by atoms with E-state index in [1.54, 1.807) is 12.1 Å². The topological polar surface area (TPSA) is 104 Å². The van der Waals surface area contributed by atoms with E-state index in [2.05, 4.69) is 37.2 Å². The fourth-order valence-corrected chi connectivity index (χ4v) is 2.22. The second-order valence-electron chi connectivity index (χ2n) is 5.68. The zero-order valence-corrected chi connectivity index (χ0v) is 13.7. The van der Waals surface area contributed by atoms with Crippen molar-refractivity contribution in [1.82, 2.24) is 10.2 Å². The standard InChI is InChI=1S/C17H21N7/c1-3-15(21-16-10-14(23-24-16)11-4-5-11)22-17(19-2)20-13-8-6-12(18)7-9-13/h6-11H,2-5,18H2,1H3,(H2,20,21,22,23,24). The number of amidine groups is 1. The Kier molecular flexibility index (Phi) is 4.69. The quantitative estimate of drug-likeness (QED) is 0.456. The second kappa shape index (κ2) is 7.08. The van der Waals surface area contributed by atoms with Crippen molar-refractivity contribution >= 4 is 35.7 Å². The number of nitrogens with one attached hydrogen (secondary N) is 2. The van der Waals surface area contributed by atoms with E-state index >= 15 is 0 Å². The van der Waals surface area contributed by atoms with E-state index in [0.717, 1.165) is 11.4 Å². The number of guanidine groups is 1. The maximum absolute atomic E-state index is 5.68. The van der Waals surface area contributed by atoms with Crippen LogP contribution in [-0.2, 0) is 0 Å². The average Bonchev–Trinajstić information content (AvgIpc) is 3.35. The first-order valence-corrected chi connectivity index (χ1v) is 7.98. The Morgan fingerprint density at radius 2 is 2.12 bits per heavy atom. The molecular weight excluding hydrogens is 302 g/mol. The van der Waals surface area contributed by atoms with Gasteiger partial charge < -0.3 is 11.1 Å². The molecule has 0 radical (unpaired) electrons. The molecule has 0 amide bonds. The number of anilines is 2. The normalized spacial score (nSPS) is 15.4. The highest BCUT2D eigenvalue weighted by Crippen LogP contribution is 2.39. The lowest BCUT2D eigenvalue weighted by molar-refractivity contribution is 0.964. The van der Waals surface area contributed by atoms with Crippen LogP contribution < -0.4 is 11.1 Å². The molecule has 24 heavy (non-hydrogen) atoms. The van der Waals surface area contributed by atoms with Crippen LogP contribution >= 0.6 is 0 Å². The minimum absolute atomic E-state index is 0.387. The molecule has 1 saturated carbocycles. The Balaban J connectivity index is 1.76. The van der Waals surface area contributed by atoms with E-state index in [4.69, 9.17) is 5.73 Å². The van der Waals surface area contributed by atoms with Crippen LogP contribution in [0.3, 0.4) is 0 Å². The number of hydrogen-bond acceptors (Lipinski definition) is 3. The van der Waals surface area contributed by atoms with Crippen molar-refractivity contribution < 1.29 is 0 Å². The monoisotopic (exact) mass is 323 g/mol. The van der Waals surface area contributed by atoms with Gasteiger partial charge in [0.15, 0.2) is 5.82 Å². The van der Waals surface area contributed by atoms with E-state index in [1.807, 2.05) is 25.1 Å². The van der Waals surface area contributed by atoms with Crippen LogP contribution in [0.5, 0.6) is 0 Å². The summed E-state index contributed by atoms with van der Waals surface area (Å²) in [5.41, 5.74) is 8.37. The Labute approximate surface area is 140 Å². The highest BCUT2D eigenvalue weighted by molar-refractivity contribution is 6.04. The number of hydrogen-bond donors (Lipinski definition) is 3. The SMILES string of the molecule is C=NC(=NC(CC)=Nc1cc(C2CC2)[nH]n1)Nc1ccc(N)cc1. The summed E-state index contributed by atoms with van der Waals surface area (Å²) >= 11 is 0. The van der Waals surface area contributed by atoms with Crippen molar-refractivity contribution in [2.24, 2.45) is 15.0 Å². The molecule has 1 heterocycles. The predicted molar refractivity (Wildman–Crippen MR) is 99.4 cm³/mol. The molecule has 0 saturated heterocycles. The summed E-state index contributed by atoms with van der Waals surface area (Å²) in [6.45, 7) is 5.55. The molecule has 4 N–H and O–H groups in total. The lowest BCUT2D eigenvalue weighted by Gasteiger charge is -2.06. The molecule has 2 aromatic rings. The molecule has 0 unspecified atom stereocenters. The van der Waals surface area contributed by atoms with Gasteiger partial charge in [0.25, 0.3) is 0 Å². The molecule has 0 spiro atoms. The fourth-order valence-electron chi connectivity index (χ4n) is 2.22. The molecule has 124 valence electrons. The van der Waals surface area contributed by atoms with Gasteiger partial charge in [0.05, 0.1) is 0 Å². The number of aromatic amines is 1. The first-order chi connectivity index (χ1) is 11.7. The molecule has 1 aliphatic carbocycles. The van der Waals surface area contributed by atoms with Gasteiger partial charge >= 0.3 is 0 Å². The van der Waals surface area contributed by atoms with Crippen LogP contribution in [0.25, 0.3) is 0 Å². The van der Waals surface area contributed by atoms with Gasteiger partial charge in [-0.05, 0) is 43.8 Å². The predicted octanol–water partition coefficient (Wildman–Crippen LogP) is 3.48. The largest absolute Gasteiger partial charge is 0.399 e. The summed E-state index contributed by atoms with van der Waals surface area (Å²) in [6.07, 6.45) is 3.11. The summed E-state index contributed by atoms with van der Waals surface area (Å²) in [4.78, 5) is 12.9. The number of nitrogens with two attached hydrogens (primary N) is 1. The Bertz CT molecular complexity index is 766. The van der Waals surface area contributed by atoms with Crippen LogP contribution in [0.4, 0.5) is 17.2 Å². The molecule has 1 fully saturated rings. The van der Waals surface area contributed by atoms with E-state index < -0.39 is 0 Å². The van der Waals surface area contributed by atoms with E-state index in [1.165, 1.54) is 12.8 Å². The maximum atomic E-state index is 5.68. The van der Waals surface area contributed by atoms with Crippen molar-refractivity contribution in [3.63, 3.8) is 0 Å². The van der Waals surface area contributed by atoms with Gasteiger partial charge in [0.1, 0.15) is 5.84 Å². The van der Waals surface area contributed by atoms with Crippen molar-refractivity contribution in [2.45, 2.75) is 32.1 Å². The Morgan fingerprint density at radius 1 is 1.38 bits per heavy atom. The van der Waals surface area contributed by atoms with Crippen LogP contribution in [0.15, 0.2) is 45.3 Å². The third-order valence-corrected chi connectivity index (χ3v) is 3.71. The molecule has 1 aromatic carbocycles. The van der Waals surface area contributed by atoms with Gasteiger partial charge in [-0.15, -0.1) is 0 Å². The number of aliphatic imine (C=N–C) groups is 3. The van der Waals surface area contributed by atoms with Gasteiger partial charge in [-0.3, -0.25) is 5.10 Å². The Hall–Kier alpha value is -2.96. The van der Waals surface area contributed by atoms with Gasteiger partial charge in [-0.1, -0.05) is 6.92 Å². The molecule has 1 aromatic heterocycles. The fraction of sp³-hybridized carbons (Fsp3) is 0.294. The summed E-state index contributed by atoms with van der Waals surface area (Å²) in [6, 6.07) is 9.31. The van der Waals surface area contributed by atoms with Gasteiger partial charge in [-0.2, -0.15) is 10.1 Å². The zero-order valence-electron chi connectivity index (χ0n) is 13.7. The van der Waals surface area contributed by atoms with Crippen LogP contribution in [0, 0.1) is 0 Å². The van der Waals surface area contributed by atoms with E-state index in [0.29, 0.717) is 35.6 Å². The van der Waals surface area contributed by atoms with Crippen LogP contribution in [0.1, 0.15) is 37.8 Å². The molecule has 0 atom stereocenters. The highest BCUT2D eigenvalue weighted by Gasteiger charge is 2.25. The first-order valence-electron chi connectivity index (χ1n) is 7.98. The number of benzene rings is 1. The van der Waals surface area contributed by atoms with Gasteiger partial charge in [0.2, 0.25) is 5.96 Å². The average molecular weight is 323 g/mol. The highest BCUT2D eigenvalue weighted by atomic mass is 15.2. The van der Waals surface area contributed by atoms with Crippen LogP contribution in [-0.4, -0.2) is 28.7 Å².